The van der Waals surface area contributed by atoms with Crippen LogP contribution in [0, 0.1) is 5.92 Å². The van der Waals surface area contributed by atoms with Crippen molar-refractivity contribution in [2.45, 2.75) is 56.3 Å². The summed E-state index contributed by atoms with van der Waals surface area (Å²) in [6.07, 6.45) is 4.99. The van der Waals surface area contributed by atoms with Crippen LogP contribution >= 0.6 is 11.8 Å². The standard InChI is InChI=1S/C15H27NO3S/c1-3-20-15(7-9-19-10-8-15)11-16-13(17)14(2,18)12-5-4-6-12/h12,18H,3-11H2,1-2H3,(H,16,17)/t14-/m0/s1. The first-order chi connectivity index (χ1) is 9.50. The highest BCUT2D eigenvalue weighted by Gasteiger charge is 2.43. The molecule has 0 unspecified atom stereocenters. The minimum absolute atomic E-state index is 0.0817. The Balaban J connectivity index is 1.89. The molecule has 2 fully saturated rings. The second-order valence-corrected chi connectivity index (χ2v) is 7.92. The van der Waals surface area contributed by atoms with Gasteiger partial charge >= 0.3 is 0 Å². The van der Waals surface area contributed by atoms with E-state index in [0.29, 0.717) is 6.54 Å². The molecule has 1 aliphatic heterocycles. The first-order valence-electron chi connectivity index (χ1n) is 7.72. The third-order valence-corrected chi connectivity index (χ3v) is 6.24. The molecule has 116 valence electrons. The number of hydrogen-bond acceptors (Lipinski definition) is 4. The van der Waals surface area contributed by atoms with Gasteiger partial charge in [-0.05, 0) is 44.3 Å². The van der Waals surface area contributed by atoms with Gasteiger partial charge in [0.05, 0.1) is 0 Å². The molecular formula is C15H27NO3S. The van der Waals surface area contributed by atoms with Crippen LogP contribution < -0.4 is 5.32 Å². The minimum atomic E-state index is -1.21. The van der Waals surface area contributed by atoms with E-state index < -0.39 is 5.60 Å². The molecule has 0 aromatic carbocycles. The maximum atomic E-state index is 12.3. The lowest BCUT2D eigenvalue weighted by atomic mass is 9.73. The predicted octanol–water partition coefficient (Wildman–Crippen LogP) is 1.96. The lowest BCUT2D eigenvalue weighted by Crippen LogP contribution is -2.55. The van der Waals surface area contributed by atoms with Crippen LogP contribution in [0.15, 0.2) is 0 Å². The van der Waals surface area contributed by atoms with Crippen LogP contribution in [0.25, 0.3) is 0 Å². The molecule has 2 rings (SSSR count). The topological polar surface area (TPSA) is 58.6 Å². The monoisotopic (exact) mass is 301 g/mol. The number of carbonyl (C=O) groups is 1. The molecule has 2 aliphatic rings. The van der Waals surface area contributed by atoms with Crippen LogP contribution in [0.1, 0.15) is 46.0 Å². The summed E-state index contributed by atoms with van der Waals surface area (Å²) < 4.78 is 5.52. The van der Waals surface area contributed by atoms with Crippen molar-refractivity contribution in [3.8, 4) is 0 Å². The molecule has 20 heavy (non-hydrogen) atoms. The second-order valence-electron chi connectivity index (χ2n) is 6.19. The molecule has 0 aromatic rings. The highest BCUT2D eigenvalue weighted by Crippen LogP contribution is 2.37. The Morgan fingerprint density at radius 3 is 2.60 bits per heavy atom. The smallest absolute Gasteiger partial charge is 0.252 e. The van der Waals surface area contributed by atoms with Gasteiger partial charge in [-0.25, -0.2) is 0 Å². The minimum Gasteiger partial charge on any atom is -0.381 e. The number of hydrogen-bond donors (Lipinski definition) is 2. The van der Waals surface area contributed by atoms with E-state index in [1.807, 2.05) is 11.8 Å². The van der Waals surface area contributed by atoms with Gasteiger partial charge in [-0.2, -0.15) is 11.8 Å². The highest BCUT2D eigenvalue weighted by atomic mass is 32.2. The van der Waals surface area contributed by atoms with Gasteiger partial charge in [-0.15, -0.1) is 0 Å². The van der Waals surface area contributed by atoms with Gasteiger partial charge in [0.2, 0.25) is 0 Å². The maximum absolute atomic E-state index is 12.3. The summed E-state index contributed by atoms with van der Waals surface area (Å²) in [7, 11) is 0. The van der Waals surface area contributed by atoms with Gasteiger partial charge in [0, 0.05) is 24.5 Å². The van der Waals surface area contributed by atoms with Crippen LogP contribution in [0.3, 0.4) is 0 Å². The number of rotatable bonds is 6. The third-order valence-electron chi connectivity index (χ3n) is 4.79. The zero-order valence-electron chi connectivity index (χ0n) is 12.6. The highest BCUT2D eigenvalue weighted by molar-refractivity contribution is 8.00. The van der Waals surface area contributed by atoms with Crippen LogP contribution in [0.4, 0.5) is 0 Å². The summed E-state index contributed by atoms with van der Waals surface area (Å²) in [4.78, 5) is 12.3. The van der Waals surface area contributed by atoms with E-state index in [4.69, 9.17) is 4.74 Å². The normalized spacial score (nSPS) is 25.6. The number of nitrogens with one attached hydrogen (secondary N) is 1. The Morgan fingerprint density at radius 1 is 1.45 bits per heavy atom. The van der Waals surface area contributed by atoms with Crippen LogP contribution in [0.2, 0.25) is 0 Å². The molecular weight excluding hydrogens is 274 g/mol. The van der Waals surface area contributed by atoms with Crippen molar-refractivity contribution >= 4 is 17.7 Å². The molecule has 2 N–H and O–H groups in total. The molecule has 0 spiro atoms. The van der Waals surface area contributed by atoms with Gasteiger partial charge in [-0.3, -0.25) is 4.79 Å². The van der Waals surface area contributed by atoms with Crippen molar-refractivity contribution in [2.24, 2.45) is 5.92 Å². The Bertz CT molecular complexity index is 331. The van der Waals surface area contributed by atoms with Gasteiger partial charge < -0.3 is 15.2 Å². The van der Waals surface area contributed by atoms with E-state index in [1.54, 1.807) is 6.92 Å². The van der Waals surface area contributed by atoms with Crippen LogP contribution in [-0.2, 0) is 9.53 Å². The largest absolute Gasteiger partial charge is 0.381 e. The zero-order valence-corrected chi connectivity index (χ0v) is 13.4. The first-order valence-corrected chi connectivity index (χ1v) is 8.71. The quantitative estimate of drug-likeness (QED) is 0.787. The molecule has 0 aromatic heterocycles. The molecule has 1 aliphatic carbocycles. The third kappa shape index (κ3) is 3.49. The molecule has 1 saturated carbocycles. The number of carbonyl (C=O) groups excluding carboxylic acids is 1. The fourth-order valence-electron chi connectivity index (χ4n) is 3.00. The number of thioether (sulfide) groups is 1. The van der Waals surface area contributed by atoms with Gasteiger partial charge in [0.1, 0.15) is 5.60 Å². The lowest BCUT2D eigenvalue weighted by Gasteiger charge is -2.40. The van der Waals surface area contributed by atoms with Crippen molar-refractivity contribution in [2.75, 3.05) is 25.5 Å². The molecule has 1 atom stereocenters. The fraction of sp³-hybridized carbons (Fsp3) is 0.933. The van der Waals surface area contributed by atoms with Crippen LogP contribution in [0.5, 0.6) is 0 Å². The predicted molar refractivity (Wildman–Crippen MR) is 81.9 cm³/mol. The van der Waals surface area contributed by atoms with Gasteiger partial charge in [0.25, 0.3) is 5.91 Å². The molecule has 1 saturated heterocycles. The average Bonchev–Trinajstić information content (AvgIpc) is 2.35. The van der Waals surface area contributed by atoms with E-state index >= 15 is 0 Å². The van der Waals surface area contributed by atoms with Crippen LogP contribution in [-0.4, -0.2) is 46.9 Å². The first kappa shape index (κ1) is 16.1. The summed E-state index contributed by atoms with van der Waals surface area (Å²) in [5, 5.41) is 13.4. The Labute approximate surface area is 126 Å². The van der Waals surface area contributed by atoms with Gasteiger partial charge in [0.15, 0.2) is 0 Å². The van der Waals surface area contributed by atoms with Crippen molar-refractivity contribution in [1.82, 2.24) is 5.32 Å². The Kier molecular flexibility index (Phi) is 5.37. The van der Waals surface area contributed by atoms with E-state index in [9.17, 15) is 9.90 Å². The summed E-state index contributed by atoms with van der Waals surface area (Å²) in [5.74, 6) is 0.964. The number of aliphatic hydroxyl groups is 1. The zero-order chi connectivity index (χ0) is 14.6. The summed E-state index contributed by atoms with van der Waals surface area (Å²) in [6.45, 7) is 5.98. The average molecular weight is 301 g/mol. The van der Waals surface area contributed by atoms with E-state index in [1.165, 1.54) is 0 Å². The molecule has 4 nitrogen and oxygen atoms in total. The lowest BCUT2D eigenvalue weighted by molar-refractivity contribution is -0.147. The van der Waals surface area contributed by atoms with Crippen molar-refractivity contribution in [3.05, 3.63) is 0 Å². The van der Waals surface area contributed by atoms with Crippen molar-refractivity contribution in [3.63, 3.8) is 0 Å². The summed E-state index contributed by atoms with van der Waals surface area (Å²) in [5.41, 5.74) is -1.21. The molecule has 1 heterocycles. The molecule has 0 radical (unpaired) electrons. The van der Waals surface area contributed by atoms with E-state index in [-0.39, 0.29) is 16.6 Å². The van der Waals surface area contributed by atoms with Gasteiger partial charge in [-0.1, -0.05) is 13.3 Å². The van der Waals surface area contributed by atoms with Crippen molar-refractivity contribution in [1.29, 1.82) is 0 Å². The Hall–Kier alpha value is -0.260. The van der Waals surface area contributed by atoms with E-state index in [0.717, 1.165) is 51.1 Å². The molecule has 1 amide bonds. The van der Waals surface area contributed by atoms with Crippen molar-refractivity contribution < 1.29 is 14.6 Å². The molecule has 5 heteroatoms. The summed E-state index contributed by atoms with van der Waals surface area (Å²) >= 11 is 1.90. The maximum Gasteiger partial charge on any atom is 0.252 e. The number of amides is 1. The summed E-state index contributed by atoms with van der Waals surface area (Å²) in [6, 6.07) is 0. The second kappa shape index (κ2) is 6.67. The number of ether oxygens (including phenoxy) is 1. The Morgan fingerprint density at radius 2 is 2.10 bits per heavy atom. The molecule has 0 bridgehead atoms. The van der Waals surface area contributed by atoms with E-state index in [2.05, 4.69) is 12.2 Å². The SMILES string of the molecule is CCSC1(CNC(=O)[C@@](C)(O)C2CCC2)CCOCC1. The fourth-order valence-corrected chi connectivity index (χ4v) is 4.24.